The van der Waals surface area contributed by atoms with E-state index in [-0.39, 0.29) is 5.56 Å². The highest BCUT2D eigenvalue weighted by Crippen LogP contribution is 2.17. The molecule has 5 heteroatoms. The molecule has 1 unspecified atom stereocenters. The van der Waals surface area contributed by atoms with E-state index in [1.54, 1.807) is 18.2 Å². The third-order valence-electron chi connectivity index (χ3n) is 3.36. The molecule has 96 valence electrons. The minimum absolute atomic E-state index is 0.242. The Morgan fingerprint density at radius 2 is 2.11 bits per heavy atom. The molecule has 1 aromatic carbocycles. The third kappa shape index (κ3) is 2.34. The molecule has 2 aromatic rings. The second-order valence-corrected chi connectivity index (χ2v) is 5.00. The summed E-state index contributed by atoms with van der Waals surface area (Å²) in [5.74, 6) is 0.124. The van der Waals surface area contributed by atoms with Gasteiger partial charge in [-0.05, 0) is 30.0 Å². The van der Waals surface area contributed by atoms with Gasteiger partial charge in [-0.3, -0.25) is 0 Å². The second-order valence-electron chi connectivity index (χ2n) is 5.00. The molecule has 0 aliphatic rings. The summed E-state index contributed by atoms with van der Waals surface area (Å²) in [4.78, 5) is 10.9. The average Bonchev–Trinajstić information content (AvgIpc) is 2.71. The molecule has 0 saturated carbocycles. The highest BCUT2D eigenvalue weighted by atomic mass is 16.4. The van der Waals surface area contributed by atoms with E-state index in [9.17, 15) is 4.79 Å². The summed E-state index contributed by atoms with van der Waals surface area (Å²) in [5.41, 5.74) is 1.75. The SMILES string of the molecule is CC(C)C(C)Cn1nnc2cc(C(=O)O)ccc21. The largest absolute Gasteiger partial charge is 0.478 e. The van der Waals surface area contributed by atoms with Gasteiger partial charge in [0.15, 0.2) is 0 Å². The van der Waals surface area contributed by atoms with E-state index in [1.165, 1.54) is 0 Å². The van der Waals surface area contributed by atoms with Crippen LogP contribution in [0, 0.1) is 11.8 Å². The smallest absolute Gasteiger partial charge is 0.335 e. The highest BCUT2D eigenvalue weighted by molar-refractivity contribution is 5.92. The Morgan fingerprint density at radius 1 is 1.39 bits per heavy atom. The van der Waals surface area contributed by atoms with Gasteiger partial charge in [-0.2, -0.15) is 0 Å². The standard InChI is InChI=1S/C13H17N3O2/c1-8(2)9(3)7-16-12-5-4-10(13(17)18)6-11(12)14-15-16/h4-6,8-9H,7H2,1-3H3,(H,17,18). The molecular weight excluding hydrogens is 230 g/mol. The van der Waals surface area contributed by atoms with Gasteiger partial charge >= 0.3 is 5.97 Å². The first-order valence-electron chi connectivity index (χ1n) is 6.05. The molecular formula is C13H17N3O2. The van der Waals surface area contributed by atoms with Crippen molar-refractivity contribution in [2.24, 2.45) is 11.8 Å². The maximum atomic E-state index is 10.9. The average molecular weight is 247 g/mol. The van der Waals surface area contributed by atoms with Crippen LogP contribution in [0.1, 0.15) is 31.1 Å². The van der Waals surface area contributed by atoms with Crippen molar-refractivity contribution in [3.05, 3.63) is 23.8 Å². The third-order valence-corrected chi connectivity index (χ3v) is 3.36. The van der Waals surface area contributed by atoms with Crippen molar-refractivity contribution >= 4 is 17.0 Å². The molecule has 0 aliphatic heterocycles. The van der Waals surface area contributed by atoms with E-state index in [0.29, 0.717) is 17.4 Å². The van der Waals surface area contributed by atoms with E-state index in [1.807, 2.05) is 4.68 Å². The topological polar surface area (TPSA) is 68.0 Å². The van der Waals surface area contributed by atoms with E-state index in [0.717, 1.165) is 12.1 Å². The van der Waals surface area contributed by atoms with Crippen LogP contribution in [0.4, 0.5) is 0 Å². The molecule has 0 aliphatic carbocycles. The Hall–Kier alpha value is -1.91. The van der Waals surface area contributed by atoms with Crippen LogP contribution in [0.5, 0.6) is 0 Å². The van der Waals surface area contributed by atoms with Gasteiger partial charge in [0.1, 0.15) is 5.52 Å². The lowest BCUT2D eigenvalue weighted by Gasteiger charge is -2.15. The number of nitrogens with zero attached hydrogens (tertiary/aromatic N) is 3. The molecule has 18 heavy (non-hydrogen) atoms. The zero-order valence-electron chi connectivity index (χ0n) is 10.8. The van der Waals surface area contributed by atoms with Crippen LogP contribution in [-0.4, -0.2) is 26.1 Å². The summed E-state index contributed by atoms with van der Waals surface area (Å²) < 4.78 is 1.84. The normalized spacial score (nSPS) is 13.1. The van der Waals surface area contributed by atoms with Crippen molar-refractivity contribution in [2.75, 3.05) is 0 Å². The summed E-state index contributed by atoms with van der Waals surface area (Å²) >= 11 is 0. The van der Waals surface area contributed by atoms with E-state index in [2.05, 4.69) is 31.1 Å². The van der Waals surface area contributed by atoms with E-state index >= 15 is 0 Å². The van der Waals surface area contributed by atoms with Gasteiger partial charge in [0, 0.05) is 6.54 Å². The highest BCUT2D eigenvalue weighted by Gasteiger charge is 2.13. The molecule has 0 bridgehead atoms. The van der Waals surface area contributed by atoms with Crippen molar-refractivity contribution in [2.45, 2.75) is 27.3 Å². The first-order chi connectivity index (χ1) is 8.49. The Labute approximate surface area is 105 Å². The second kappa shape index (κ2) is 4.76. The quantitative estimate of drug-likeness (QED) is 0.900. The van der Waals surface area contributed by atoms with Crippen LogP contribution in [0.2, 0.25) is 0 Å². The Kier molecular flexibility index (Phi) is 3.32. The number of carboxylic acid groups (broad SMARTS) is 1. The molecule has 1 atom stereocenters. The lowest BCUT2D eigenvalue weighted by atomic mass is 9.98. The molecule has 1 aromatic heterocycles. The van der Waals surface area contributed by atoms with Crippen LogP contribution >= 0.6 is 0 Å². The van der Waals surface area contributed by atoms with Gasteiger partial charge in [-0.15, -0.1) is 5.10 Å². The van der Waals surface area contributed by atoms with Crippen molar-refractivity contribution < 1.29 is 9.90 Å². The first-order valence-corrected chi connectivity index (χ1v) is 6.05. The zero-order valence-corrected chi connectivity index (χ0v) is 10.8. The molecule has 2 rings (SSSR count). The Balaban J connectivity index is 2.34. The Bertz CT molecular complexity index is 575. The molecule has 0 amide bonds. The Morgan fingerprint density at radius 3 is 2.72 bits per heavy atom. The summed E-state index contributed by atoms with van der Waals surface area (Å²) in [6.45, 7) is 7.31. The molecule has 5 nitrogen and oxygen atoms in total. The maximum Gasteiger partial charge on any atom is 0.335 e. The number of aromatic carboxylic acids is 1. The van der Waals surface area contributed by atoms with Crippen LogP contribution in [-0.2, 0) is 6.54 Å². The lowest BCUT2D eigenvalue weighted by molar-refractivity contribution is 0.0697. The zero-order chi connectivity index (χ0) is 13.3. The maximum absolute atomic E-state index is 10.9. The fourth-order valence-corrected chi connectivity index (χ4v) is 1.72. The fraction of sp³-hybridized carbons (Fsp3) is 0.462. The van der Waals surface area contributed by atoms with Crippen molar-refractivity contribution in [1.29, 1.82) is 0 Å². The number of aromatic nitrogens is 3. The van der Waals surface area contributed by atoms with Crippen molar-refractivity contribution in [3.8, 4) is 0 Å². The number of carboxylic acids is 1. The minimum Gasteiger partial charge on any atom is -0.478 e. The van der Waals surface area contributed by atoms with Crippen molar-refractivity contribution in [1.82, 2.24) is 15.0 Å². The molecule has 0 spiro atoms. The summed E-state index contributed by atoms with van der Waals surface area (Å²) in [5, 5.41) is 17.0. The summed E-state index contributed by atoms with van der Waals surface area (Å²) in [6.07, 6.45) is 0. The monoisotopic (exact) mass is 247 g/mol. The minimum atomic E-state index is -0.943. The fourth-order valence-electron chi connectivity index (χ4n) is 1.72. The summed E-state index contributed by atoms with van der Waals surface area (Å²) in [7, 11) is 0. The number of hydrogen-bond donors (Lipinski definition) is 1. The number of benzene rings is 1. The van der Waals surface area contributed by atoms with Crippen LogP contribution in [0.15, 0.2) is 18.2 Å². The van der Waals surface area contributed by atoms with E-state index in [4.69, 9.17) is 5.11 Å². The predicted molar refractivity (Wildman–Crippen MR) is 68.5 cm³/mol. The number of carbonyl (C=O) groups is 1. The van der Waals surface area contributed by atoms with Crippen LogP contribution < -0.4 is 0 Å². The van der Waals surface area contributed by atoms with Gasteiger partial charge in [0.2, 0.25) is 0 Å². The lowest BCUT2D eigenvalue weighted by Crippen LogP contribution is -2.14. The molecule has 1 heterocycles. The summed E-state index contributed by atoms with van der Waals surface area (Å²) in [6, 6.07) is 4.91. The van der Waals surface area contributed by atoms with Gasteiger partial charge in [-0.25, -0.2) is 9.48 Å². The van der Waals surface area contributed by atoms with Crippen LogP contribution in [0.3, 0.4) is 0 Å². The van der Waals surface area contributed by atoms with E-state index < -0.39 is 5.97 Å². The van der Waals surface area contributed by atoms with Gasteiger partial charge in [0.25, 0.3) is 0 Å². The molecule has 0 fully saturated rings. The predicted octanol–water partition coefficient (Wildman–Crippen LogP) is 2.42. The number of rotatable bonds is 4. The number of hydrogen-bond acceptors (Lipinski definition) is 3. The molecule has 0 saturated heterocycles. The first kappa shape index (κ1) is 12.5. The van der Waals surface area contributed by atoms with Gasteiger partial charge in [0.05, 0.1) is 11.1 Å². The molecule has 1 N–H and O–H groups in total. The van der Waals surface area contributed by atoms with Crippen molar-refractivity contribution in [3.63, 3.8) is 0 Å². The number of fused-ring (bicyclic) bond motifs is 1. The van der Waals surface area contributed by atoms with Crippen LogP contribution in [0.25, 0.3) is 11.0 Å². The van der Waals surface area contributed by atoms with Gasteiger partial charge < -0.3 is 5.11 Å². The van der Waals surface area contributed by atoms with Gasteiger partial charge in [-0.1, -0.05) is 26.0 Å². The molecule has 0 radical (unpaired) electrons.